The van der Waals surface area contributed by atoms with Gasteiger partial charge < -0.3 is 4.90 Å². The summed E-state index contributed by atoms with van der Waals surface area (Å²) in [5.74, 6) is 0. The summed E-state index contributed by atoms with van der Waals surface area (Å²) in [7, 11) is -3.40. The van der Waals surface area contributed by atoms with Crippen LogP contribution in [-0.2, 0) is 10.2 Å². The van der Waals surface area contributed by atoms with E-state index in [1.165, 1.54) is 20.7 Å². The number of rotatable bonds is 6. The van der Waals surface area contributed by atoms with Gasteiger partial charge in [0.2, 0.25) is 0 Å². The molecule has 23 heavy (non-hydrogen) atoms. The summed E-state index contributed by atoms with van der Waals surface area (Å²) in [6.45, 7) is 6.54. The van der Waals surface area contributed by atoms with E-state index in [9.17, 15) is 18.5 Å². The monoisotopic (exact) mass is 342 g/mol. The van der Waals surface area contributed by atoms with Crippen LogP contribution >= 0.6 is 0 Å². The third-order valence-electron chi connectivity index (χ3n) is 4.02. The second-order valence-corrected chi connectivity index (χ2v) is 7.18. The van der Waals surface area contributed by atoms with Crippen molar-refractivity contribution in [3.05, 3.63) is 34.4 Å². The van der Waals surface area contributed by atoms with Crippen LogP contribution in [0.3, 0.4) is 0 Å². The summed E-state index contributed by atoms with van der Waals surface area (Å²) in [5, 5.41) is 10.7. The molecule has 0 bridgehead atoms. The summed E-state index contributed by atoms with van der Waals surface area (Å²) in [4.78, 5) is 12.3. The molecule has 0 spiro atoms. The Hall–Kier alpha value is -1.71. The lowest BCUT2D eigenvalue weighted by atomic mass is 10.2. The maximum atomic E-state index is 12.5. The van der Waals surface area contributed by atoms with Crippen LogP contribution in [0.4, 0.5) is 11.4 Å². The predicted molar refractivity (Wildman–Crippen MR) is 88.7 cm³/mol. The maximum absolute atomic E-state index is 12.5. The number of nitro groups is 1. The van der Waals surface area contributed by atoms with E-state index in [0.717, 1.165) is 5.69 Å². The topological polar surface area (TPSA) is 87.0 Å². The van der Waals surface area contributed by atoms with Crippen molar-refractivity contribution in [3.8, 4) is 0 Å². The molecule has 1 heterocycles. The lowest BCUT2D eigenvalue weighted by molar-refractivity contribution is -0.384. The van der Waals surface area contributed by atoms with Crippen molar-refractivity contribution in [2.45, 2.75) is 13.8 Å². The van der Waals surface area contributed by atoms with Crippen LogP contribution in [-0.4, -0.2) is 61.2 Å². The Balaban J connectivity index is 2.02. The van der Waals surface area contributed by atoms with Gasteiger partial charge >= 0.3 is 0 Å². The smallest absolute Gasteiger partial charge is 0.282 e. The molecule has 128 valence electrons. The van der Waals surface area contributed by atoms with Gasteiger partial charge in [0.15, 0.2) is 0 Å². The first-order valence-electron chi connectivity index (χ1n) is 7.64. The zero-order chi connectivity index (χ0) is 17.0. The molecule has 1 fully saturated rings. The van der Waals surface area contributed by atoms with Gasteiger partial charge in [0.25, 0.3) is 15.9 Å². The van der Waals surface area contributed by atoms with Crippen molar-refractivity contribution in [2.24, 2.45) is 0 Å². The number of benzene rings is 1. The number of nitrogens with zero attached hydrogens (tertiary/aromatic N) is 4. The van der Waals surface area contributed by atoms with Crippen molar-refractivity contribution >= 4 is 21.6 Å². The number of non-ortho nitro benzene ring substituents is 1. The fraction of sp³-hybridized carbons (Fsp3) is 0.571. The van der Waals surface area contributed by atoms with E-state index in [0.29, 0.717) is 39.3 Å². The summed E-state index contributed by atoms with van der Waals surface area (Å²) < 4.78 is 27.9. The molecular weight excluding hydrogens is 320 g/mol. The minimum absolute atomic E-state index is 0.0523. The average molecular weight is 342 g/mol. The van der Waals surface area contributed by atoms with Crippen LogP contribution in [0, 0.1) is 10.1 Å². The Morgan fingerprint density at radius 1 is 1.09 bits per heavy atom. The Kier molecular flexibility index (Phi) is 5.55. The van der Waals surface area contributed by atoms with Crippen molar-refractivity contribution in [2.75, 3.05) is 44.2 Å². The first kappa shape index (κ1) is 17.6. The zero-order valence-electron chi connectivity index (χ0n) is 13.4. The van der Waals surface area contributed by atoms with Crippen molar-refractivity contribution in [3.63, 3.8) is 0 Å². The van der Waals surface area contributed by atoms with Crippen LogP contribution < -0.4 is 4.90 Å². The minimum Gasteiger partial charge on any atom is -0.369 e. The Bertz CT molecular complexity index is 635. The molecular formula is C14H22N4O4S. The molecule has 9 heteroatoms. The molecule has 0 amide bonds. The van der Waals surface area contributed by atoms with Gasteiger partial charge in [-0.2, -0.15) is 17.0 Å². The fourth-order valence-electron chi connectivity index (χ4n) is 2.68. The number of piperazine rings is 1. The largest absolute Gasteiger partial charge is 0.369 e. The molecule has 0 aromatic heterocycles. The molecule has 1 saturated heterocycles. The van der Waals surface area contributed by atoms with Crippen molar-refractivity contribution in [1.29, 1.82) is 0 Å². The Labute approximate surface area is 136 Å². The Morgan fingerprint density at radius 2 is 1.61 bits per heavy atom. The minimum atomic E-state index is -3.40. The van der Waals surface area contributed by atoms with Crippen LogP contribution in [0.15, 0.2) is 24.3 Å². The molecule has 8 nitrogen and oxygen atoms in total. The molecule has 0 unspecified atom stereocenters. The number of hydrogen-bond acceptors (Lipinski definition) is 5. The van der Waals surface area contributed by atoms with E-state index in [1.807, 2.05) is 18.7 Å². The van der Waals surface area contributed by atoms with Crippen LogP contribution in [0.2, 0.25) is 0 Å². The molecule has 1 aliphatic heterocycles. The molecule has 2 rings (SSSR count). The van der Waals surface area contributed by atoms with Crippen molar-refractivity contribution in [1.82, 2.24) is 8.61 Å². The molecule has 1 aromatic carbocycles. The molecule has 1 aliphatic rings. The predicted octanol–water partition coefficient (Wildman–Crippen LogP) is 1.30. The van der Waals surface area contributed by atoms with Crippen LogP contribution in [0.25, 0.3) is 0 Å². The van der Waals surface area contributed by atoms with Crippen LogP contribution in [0.1, 0.15) is 13.8 Å². The summed E-state index contributed by atoms with van der Waals surface area (Å²) in [5.41, 5.74) is 0.923. The molecule has 0 N–H and O–H groups in total. The number of anilines is 1. The van der Waals surface area contributed by atoms with Gasteiger partial charge in [-0.1, -0.05) is 13.8 Å². The van der Waals surface area contributed by atoms with E-state index in [-0.39, 0.29) is 5.69 Å². The van der Waals surface area contributed by atoms with Gasteiger partial charge in [-0.15, -0.1) is 0 Å². The standard InChI is InChI=1S/C14H22N4O4S/c1-3-16(4-2)23(21,22)17-11-9-15(10-12-17)13-5-7-14(8-6-13)18(19)20/h5-8H,3-4,9-12H2,1-2H3. The number of hydrogen-bond donors (Lipinski definition) is 0. The Morgan fingerprint density at radius 3 is 2.04 bits per heavy atom. The highest BCUT2D eigenvalue weighted by molar-refractivity contribution is 7.86. The summed E-state index contributed by atoms with van der Waals surface area (Å²) in [6.07, 6.45) is 0. The third-order valence-corrected chi connectivity index (χ3v) is 6.21. The van der Waals surface area contributed by atoms with E-state index in [4.69, 9.17) is 0 Å². The van der Waals surface area contributed by atoms with Crippen molar-refractivity contribution < 1.29 is 13.3 Å². The molecule has 0 radical (unpaired) electrons. The van der Waals surface area contributed by atoms with Gasteiger partial charge in [-0.3, -0.25) is 10.1 Å². The number of nitro benzene ring substituents is 1. The second-order valence-electron chi connectivity index (χ2n) is 5.25. The molecule has 1 aromatic rings. The summed E-state index contributed by atoms with van der Waals surface area (Å²) in [6, 6.07) is 6.34. The molecule has 0 aliphatic carbocycles. The SMILES string of the molecule is CCN(CC)S(=O)(=O)N1CCN(c2ccc([N+](=O)[O-])cc2)CC1. The highest BCUT2D eigenvalue weighted by Crippen LogP contribution is 2.21. The lowest BCUT2D eigenvalue weighted by Gasteiger charge is -2.37. The normalized spacial score (nSPS) is 16.7. The first-order valence-corrected chi connectivity index (χ1v) is 9.04. The van der Waals surface area contributed by atoms with E-state index >= 15 is 0 Å². The quantitative estimate of drug-likeness (QED) is 0.574. The van der Waals surface area contributed by atoms with E-state index in [1.54, 1.807) is 12.1 Å². The lowest BCUT2D eigenvalue weighted by Crippen LogP contribution is -2.53. The molecule has 0 atom stereocenters. The van der Waals surface area contributed by atoms with Crippen LogP contribution in [0.5, 0.6) is 0 Å². The van der Waals surface area contributed by atoms with Gasteiger partial charge in [0.05, 0.1) is 4.92 Å². The fourth-order valence-corrected chi connectivity index (χ4v) is 4.28. The van der Waals surface area contributed by atoms with Gasteiger partial charge in [0, 0.05) is 57.1 Å². The first-order chi connectivity index (χ1) is 10.9. The van der Waals surface area contributed by atoms with Gasteiger partial charge in [0.1, 0.15) is 0 Å². The highest BCUT2D eigenvalue weighted by Gasteiger charge is 2.30. The van der Waals surface area contributed by atoms with Gasteiger partial charge in [-0.05, 0) is 12.1 Å². The van der Waals surface area contributed by atoms with Gasteiger partial charge in [-0.25, -0.2) is 0 Å². The second kappa shape index (κ2) is 7.24. The zero-order valence-corrected chi connectivity index (χ0v) is 14.2. The highest BCUT2D eigenvalue weighted by atomic mass is 32.2. The van der Waals surface area contributed by atoms with E-state index in [2.05, 4.69) is 0 Å². The summed E-state index contributed by atoms with van der Waals surface area (Å²) >= 11 is 0. The average Bonchev–Trinajstić information content (AvgIpc) is 2.56. The molecule has 0 saturated carbocycles. The maximum Gasteiger partial charge on any atom is 0.282 e. The third kappa shape index (κ3) is 3.80. The van der Waals surface area contributed by atoms with E-state index < -0.39 is 15.1 Å².